The van der Waals surface area contributed by atoms with Gasteiger partial charge in [0.05, 0.1) is 6.61 Å². The average Bonchev–Trinajstić information content (AvgIpc) is 3.23. The second-order valence-electron chi connectivity index (χ2n) is 5.18. The Labute approximate surface area is 118 Å². The van der Waals surface area contributed by atoms with Gasteiger partial charge in [0, 0.05) is 25.2 Å². The lowest BCUT2D eigenvalue weighted by Gasteiger charge is -2.31. The molecular formula is C13H21N3O4. The topological polar surface area (TPSA) is 87.7 Å². The summed E-state index contributed by atoms with van der Waals surface area (Å²) in [6.45, 7) is 3.20. The third-order valence-electron chi connectivity index (χ3n) is 3.47. The van der Waals surface area contributed by atoms with Gasteiger partial charge in [-0.05, 0) is 32.6 Å². The van der Waals surface area contributed by atoms with E-state index in [0.29, 0.717) is 32.5 Å². The number of piperidine rings is 1. The molecule has 2 N–H and O–H groups in total. The number of nitrogens with zero attached hydrogens (tertiary/aromatic N) is 1. The predicted molar refractivity (Wildman–Crippen MR) is 70.9 cm³/mol. The average molecular weight is 283 g/mol. The van der Waals surface area contributed by atoms with Gasteiger partial charge in [-0.2, -0.15) is 0 Å². The van der Waals surface area contributed by atoms with Crippen molar-refractivity contribution in [3.05, 3.63) is 0 Å². The fourth-order valence-corrected chi connectivity index (χ4v) is 2.15. The maximum absolute atomic E-state index is 11.7. The number of carbonyl (C=O) groups excluding carboxylic acids is 3. The first-order valence-corrected chi connectivity index (χ1v) is 7.13. The number of hydrogen-bond donors (Lipinski definition) is 2. The van der Waals surface area contributed by atoms with Crippen molar-refractivity contribution in [3.8, 4) is 0 Å². The minimum atomic E-state index is -0.577. The number of nitrogens with one attached hydrogen (secondary N) is 2. The molecule has 1 saturated carbocycles. The Morgan fingerprint density at radius 1 is 1.00 bits per heavy atom. The smallest absolute Gasteiger partial charge is 0.409 e. The van der Waals surface area contributed by atoms with E-state index in [1.165, 1.54) is 0 Å². The lowest BCUT2D eigenvalue weighted by molar-refractivity contribution is -0.139. The van der Waals surface area contributed by atoms with Gasteiger partial charge in [0.25, 0.3) is 0 Å². The van der Waals surface area contributed by atoms with Crippen LogP contribution in [-0.2, 0) is 14.3 Å². The summed E-state index contributed by atoms with van der Waals surface area (Å²) < 4.78 is 4.92. The number of likely N-dealkylation sites (tertiary alicyclic amines) is 1. The van der Waals surface area contributed by atoms with Crippen molar-refractivity contribution in [1.29, 1.82) is 0 Å². The lowest BCUT2D eigenvalue weighted by Crippen LogP contribution is -2.50. The molecule has 2 rings (SSSR count). The van der Waals surface area contributed by atoms with Crippen LogP contribution in [0.3, 0.4) is 0 Å². The summed E-state index contributed by atoms with van der Waals surface area (Å²) in [6, 6.07) is 0.122. The molecule has 2 aliphatic rings. The molecule has 0 unspecified atom stereocenters. The first kappa shape index (κ1) is 14.6. The van der Waals surface area contributed by atoms with Crippen LogP contribution in [-0.4, -0.2) is 54.6 Å². The van der Waals surface area contributed by atoms with E-state index in [-0.39, 0.29) is 18.2 Å². The van der Waals surface area contributed by atoms with Crippen LogP contribution in [0.1, 0.15) is 32.6 Å². The number of ether oxygens (including phenoxy) is 1. The van der Waals surface area contributed by atoms with Gasteiger partial charge in [-0.25, -0.2) is 4.79 Å². The van der Waals surface area contributed by atoms with Gasteiger partial charge in [0.2, 0.25) is 0 Å². The first-order chi connectivity index (χ1) is 9.60. The van der Waals surface area contributed by atoms with E-state index in [2.05, 4.69) is 10.6 Å². The van der Waals surface area contributed by atoms with Gasteiger partial charge in [0.1, 0.15) is 0 Å². The lowest BCUT2D eigenvalue weighted by atomic mass is 10.1. The summed E-state index contributed by atoms with van der Waals surface area (Å²) in [5.41, 5.74) is 0. The quantitative estimate of drug-likeness (QED) is 0.714. The second-order valence-corrected chi connectivity index (χ2v) is 5.18. The highest BCUT2D eigenvalue weighted by atomic mass is 16.6. The van der Waals surface area contributed by atoms with Crippen LogP contribution < -0.4 is 10.6 Å². The highest BCUT2D eigenvalue weighted by Gasteiger charge is 2.29. The molecule has 1 aliphatic carbocycles. The van der Waals surface area contributed by atoms with Crippen molar-refractivity contribution in [2.24, 2.45) is 0 Å². The van der Waals surface area contributed by atoms with Gasteiger partial charge >= 0.3 is 17.9 Å². The standard InChI is InChI=1S/C13H21N3O4/c1-2-20-13(19)16-7-5-10(6-8-16)15-12(18)11(17)14-9-3-4-9/h9-10H,2-8H2,1H3,(H,14,17)(H,15,18). The van der Waals surface area contributed by atoms with Crippen LogP contribution in [0, 0.1) is 0 Å². The summed E-state index contributed by atoms with van der Waals surface area (Å²) >= 11 is 0. The zero-order valence-corrected chi connectivity index (χ0v) is 11.7. The molecule has 7 heteroatoms. The molecule has 0 aromatic rings. The highest BCUT2D eigenvalue weighted by Crippen LogP contribution is 2.18. The number of rotatable bonds is 3. The summed E-state index contributed by atoms with van der Waals surface area (Å²) in [5.74, 6) is -1.13. The fraction of sp³-hybridized carbons (Fsp3) is 0.769. The molecule has 2 fully saturated rings. The minimum absolute atomic E-state index is 0.0573. The fourth-order valence-electron chi connectivity index (χ4n) is 2.15. The molecule has 1 heterocycles. The number of carbonyl (C=O) groups is 3. The number of amides is 3. The van der Waals surface area contributed by atoms with E-state index in [1.807, 2.05) is 0 Å². The van der Waals surface area contributed by atoms with Crippen molar-refractivity contribution in [2.75, 3.05) is 19.7 Å². The third kappa shape index (κ3) is 4.11. The SMILES string of the molecule is CCOC(=O)N1CCC(NC(=O)C(=O)NC2CC2)CC1. The van der Waals surface area contributed by atoms with Crippen LogP contribution in [0.25, 0.3) is 0 Å². The predicted octanol–water partition coefficient (Wildman–Crippen LogP) is 0.00210. The normalized spacial score (nSPS) is 19.4. The largest absolute Gasteiger partial charge is 0.450 e. The van der Waals surface area contributed by atoms with Crippen molar-refractivity contribution in [3.63, 3.8) is 0 Å². The molecule has 1 saturated heterocycles. The zero-order valence-electron chi connectivity index (χ0n) is 11.7. The zero-order chi connectivity index (χ0) is 14.5. The Morgan fingerprint density at radius 2 is 1.50 bits per heavy atom. The molecule has 112 valence electrons. The molecule has 0 aromatic carbocycles. The van der Waals surface area contributed by atoms with Crippen LogP contribution in [0.4, 0.5) is 4.79 Å². The summed E-state index contributed by atoms with van der Waals surface area (Å²) in [4.78, 5) is 36.3. The minimum Gasteiger partial charge on any atom is -0.450 e. The summed E-state index contributed by atoms with van der Waals surface area (Å²) in [5, 5.41) is 5.36. The molecular weight excluding hydrogens is 262 g/mol. The molecule has 1 aliphatic heterocycles. The third-order valence-corrected chi connectivity index (χ3v) is 3.47. The van der Waals surface area contributed by atoms with E-state index < -0.39 is 11.8 Å². The van der Waals surface area contributed by atoms with E-state index in [1.54, 1.807) is 11.8 Å². The monoisotopic (exact) mass is 283 g/mol. The maximum atomic E-state index is 11.7. The van der Waals surface area contributed by atoms with Crippen LogP contribution in [0.15, 0.2) is 0 Å². The molecule has 0 atom stereocenters. The first-order valence-electron chi connectivity index (χ1n) is 7.13. The Kier molecular flexibility index (Phi) is 4.81. The van der Waals surface area contributed by atoms with Crippen molar-refractivity contribution in [2.45, 2.75) is 44.7 Å². The molecule has 0 bridgehead atoms. The Balaban J connectivity index is 1.69. The van der Waals surface area contributed by atoms with Crippen LogP contribution >= 0.6 is 0 Å². The van der Waals surface area contributed by atoms with Gasteiger partial charge in [-0.15, -0.1) is 0 Å². The highest BCUT2D eigenvalue weighted by molar-refractivity contribution is 6.35. The maximum Gasteiger partial charge on any atom is 0.409 e. The van der Waals surface area contributed by atoms with E-state index in [4.69, 9.17) is 4.74 Å². The summed E-state index contributed by atoms with van der Waals surface area (Å²) in [7, 11) is 0. The molecule has 0 spiro atoms. The number of hydrogen-bond acceptors (Lipinski definition) is 4. The van der Waals surface area contributed by atoms with Crippen molar-refractivity contribution >= 4 is 17.9 Å². The van der Waals surface area contributed by atoms with E-state index in [0.717, 1.165) is 12.8 Å². The van der Waals surface area contributed by atoms with Crippen molar-refractivity contribution < 1.29 is 19.1 Å². The molecule has 3 amide bonds. The summed E-state index contributed by atoms with van der Waals surface area (Å²) in [6.07, 6.45) is 2.87. The van der Waals surface area contributed by atoms with Crippen LogP contribution in [0.5, 0.6) is 0 Å². The van der Waals surface area contributed by atoms with Gasteiger partial charge < -0.3 is 20.3 Å². The Morgan fingerprint density at radius 3 is 1.95 bits per heavy atom. The second kappa shape index (κ2) is 6.58. The van der Waals surface area contributed by atoms with E-state index in [9.17, 15) is 14.4 Å². The van der Waals surface area contributed by atoms with E-state index >= 15 is 0 Å². The molecule has 20 heavy (non-hydrogen) atoms. The van der Waals surface area contributed by atoms with Gasteiger partial charge in [0.15, 0.2) is 0 Å². The molecule has 7 nitrogen and oxygen atoms in total. The molecule has 0 radical (unpaired) electrons. The molecule has 0 aromatic heterocycles. The Hall–Kier alpha value is -1.79. The Bertz CT molecular complexity index is 387. The van der Waals surface area contributed by atoms with Crippen LogP contribution in [0.2, 0.25) is 0 Å². The van der Waals surface area contributed by atoms with Crippen molar-refractivity contribution in [1.82, 2.24) is 15.5 Å². The van der Waals surface area contributed by atoms with Gasteiger partial charge in [-0.3, -0.25) is 9.59 Å². The van der Waals surface area contributed by atoms with Gasteiger partial charge in [-0.1, -0.05) is 0 Å².